The molecule has 0 radical (unpaired) electrons. The summed E-state index contributed by atoms with van der Waals surface area (Å²) in [4.78, 5) is 14.1. The van der Waals surface area contributed by atoms with Gasteiger partial charge in [-0.3, -0.25) is 9.69 Å². The van der Waals surface area contributed by atoms with Gasteiger partial charge in [0.05, 0.1) is 12.8 Å². The number of nitrogens with zero attached hydrogens (tertiary/aromatic N) is 1. The number of carbonyl (C=O) groups is 1. The first-order valence-electron chi connectivity index (χ1n) is 6.98. The number of amides is 1. The van der Waals surface area contributed by atoms with Gasteiger partial charge in [-0.15, -0.1) is 0 Å². The van der Waals surface area contributed by atoms with E-state index in [0.29, 0.717) is 25.6 Å². The molecule has 5 nitrogen and oxygen atoms in total. The van der Waals surface area contributed by atoms with Gasteiger partial charge in [-0.2, -0.15) is 0 Å². The number of hydrogen-bond donors (Lipinski definition) is 2. The highest BCUT2D eigenvalue weighted by atomic mass is 16.3. The maximum Gasteiger partial charge on any atom is 0.221 e. The summed E-state index contributed by atoms with van der Waals surface area (Å²) in [5.41, 5.74) is 5.82. The number of nitrogens with two attached hydrogens (primary N) is 1. The molecule has 0 spiro atoms. The number of hydrogen-bond acceptors (Lipinski definition) is 4. The van der Waals surface area contributed by atoms with E-state index in [-0.39, 0.29) is 11.9 Å². The van der Waals surface area contributed by atoms with Gasteiger partial charge in [-0.1, -0.05) is 6.92 Å². The largest absolute Gasteiger partial charge is 0.468 e. The van der Waals surface area contributed by atoms with E-state index in [1.807, 2.05) is 12.1 Å². The third-order valence-corrected chi connectivity index (χ3v) is 3.50. The highest BCUT2D eigenvalue weighted by Crippen LogP contribution is 2.19. The Morgan fingerprint density at radius 3 is 2.95 bits per heavy atom. The molecule has 5 heteroatoms. The van der Waals surface area contributed by atoms with Crippen molar-refractivity contribution in [2.45, 2.75) is 44.8 Å². The molecule has 1 heterocycles. The van der Waals surface area contributed by atoms with Gasteiger partial charge in [0.2, 0.25) is 5.91 Å². The Hall–Kier alpha value is -1.33. The lowest BCUT2D eigenvalue weighted by Crippen LogP contribution is -2.43. The second-order valence-electron chi connectivity index (χ2n) is 5.08. The minimum atomic E-state index is 0.0637. The van der Waals surface area contributed by atoms with Crippen molar-refractivity contribution in [2.75, 3.05) is 13.1 Å². The van der Waals surface area contributed by atoms with E-state index in [4.69, 9.17) is 10.2 Å². The third kappa shape index (κ3) is 4.36. The molecule has 1 aromatic heterocycles. The average molecular weight is 265 g/mol. The number of likely N-dealkylation sites (N-methyl/N-ethyl adjacent to an activating group) is 1. The molecule has 0 bridgehead atoms. The molecule has 1 amide bonds. The molecule has 1 atom stereocenters. The van der Waals surface area contributed by atoms with Gasteiger partial charge in [-0.05, 0) is 31.5 Å². The summed E-state index contributed by atoms with van der Waals surface area (Å²) >= 11 is 0. The quantitative estimate of drug-likeness (QED) is 0.738. The Bertz CT molecular complexity index is 387. The van der Waals surface area contributed by atoms with E-state index in [1.54, 1.807) is 6.26 Å². The molecule has 1 aliphatic carbocycles. The SMILES string of the molecule is CCN(Cc1ccco1)C(CN)CC(=O)NC1CC1. The van der Waals surface area contributed by atoms with Crippen LogP contribution in [-0.2, 0) is 11.3 Å². The molecule has 0 saturated heterocycles. The lowest BCUT2D eigenvalue weighted by Gasteiger charge is -2.28. The molecule has 2 rings (SSSR count). The highest BCUT2D eigenvalue weighted by molar-refractivity contribution is 5.77. The van der Waals surface area contributed by atoms with Gasteiger partial charge in [0, 0.05) is 25.0 Å². The van der Waals surface area contributed by atoms with E-state index in [0.717, 1.165) is 25.1 Å². The summed E-state index contributed by atoms with van der Waals surface area (Å²) in [6.45, 7) is 4.10. The minimum absolute atomic E-state index is 0.0637. The predicted octanol–water partition coefficient (Wildman–Crippen LogP) is 1.10. The van der Waals surface area contributed by atoms with E-state index < -0.39 is 0 Å². The first-order valence-corrected chi connectivity index (χ1v) is 6.98. The molecule has 19 heavy (non-hydrogen) atoms. The highest BCUT2D eigenvalue weighted by Gasteiger charge is 2.26. The summed E-state index contributed by atoms with van der Waals surface area (Å²) in [6.07, 6.45) is 4.35. The Labute approximate surface area is 114 Å². The first-order chi connectivity index (χ1) is 9.22. The molecular formula is C14H23N3O2. The van der Waals surface area contributed by atoms with Crippen molar-refractivity contribution in [3.05, 3.63) is 24.2 Å². The lowest BCUT2D eigenvalue weighted by atomic mass is 10.1. The fourth-order valence-electron chi connectivity index (χ4n) is 2.19. The van der Waals surface area contributed by atoms with Crippen LogP contribution in [0.2, 0.25) is 0 Å². The van der Waals surface area contributed by atoms with Crippen LogP contribution in [-0.4, -0.2) is 36.0 Å². The number of nitrogens with one attached hydrogen (secondary N) is 1. The first kappa shape index (κ1) is 14.1. The average Bonchev–Trinajstić information content (AvgIpc) is 3.06. The number of rotatable bonds is 8. The minimum Gasteiger partial charge on any atom is -0.468 e. The van der Waals surface area contributed by atoms with Gasteiger partial charge in [0.1, 0.15) is 5.76 Å². The molecule has 1 aliphatic rings. The van der Waals surface area contributed by atoms with Crippen LogP contribution in [0.25, 0.3) is 0 Å². The second-order valence-corrected chi connectivity index (χ2v) is 5.08. The van der Waals surface area contributed by atoms with Crippen LogP contribution in [0.15, 0.2) is 22.8 Å². The summed E-state index contributed by atoms with van der Waals surface area (Å²) in [6, 6.07) is 4.29. The molecule has 106 valence electrons. The van der Waals surface area contributed by atoms with Crippen molar-refractivity contribution >= 4 is 5.91 Å². The molecule has 1 saturated carbocycles. The third-order valence-electron chi connectivity index (χ3n) is 3.50. The molecule has 0 aromatic carbocycles. The number of carbonyl (C=O) groups excluding carboxylic acids is 1. The van der Waals surface area contributed by atoms with E-state index in [2.05, 4.69) is 17.1 Å². The topological polar surface area (TPSA) is 71.5 Å². The van der Waals surface area contributed by atoms with E-state index in [9.17, 15) is 4.79 Å². The Morgan fingerprint density at radius 2 is 2.42 bits per heavy atom. The van der Waals surface area contributed by atoms with E-state index in [1.165, 1.54) is 0 Å². The van der Waals surface area contributed by atoms with Crippen LogP contribution in [0.4, 0.5) is 0 Å². The summed E-state index contributed by atoms with van der Waals surface area (Å²) < 4.78 is 5.36. The van der Waals surface area contributed by atoms with Gasteiger partial charge in [0.15, 0.2) is 0 Å². The zero-order valence-corrected chi connectivity index (χ0v) is 11.5. The van der Waals surface area contributed by atoms with Crippen LogP contribution < -0.4 is 11.1 Å². The maximum atomic E-state index is 11.9. The van der Waals surface area contributed by atoms with Crippen molar-refractivity contribution < 1.29 is 9.21 Å². The molecule has 1 aromatic rings. The van der Waals surface area contributed by atoms with E-state index >= 15 is 0 Å². The van der Waals surface area contributed by atoms with Crippen LogP contribution in [0.3, 0.4) is 0 Å². The molecule has 1 unspecified atom stereocenters. The summed E-state index contributed by atoms with van der Waals surface area (Å²) in [5, 5.41) is 3.01. The fraction of sp³-hybridized carbons (Fsp3) is 0.643. The Morgan fingerprint density at radius 1 is 1.63 bits per heavy atom. The monoisotopic (exact) mass is 265 g/mol. The summed E-state index contributed by atoms with van der Waals surface area (Å²) in [5.74, 6) is 1.01. The smallest absolute Gasteiger partial charge is 0.221 e. The Balaban J connectivity index is 1.87. The summed E-state index contributed by atoms with van der Waals surface area (Å²) in [7, 11) is 0. The number of furan rings is 1. The molecular weight excluding hydrogens is 242 g/mol. The van der Waals surface area contributed by atoms with Crippen LogP contribution in [0, 0.1) is 0 Å². The zero-order chi connectivity index (χ0) is 13.7. The van der Waals surface area contributed by atoms with Crippen LogP contribution in [0.5, 0.6) is 0 Å². The van der Waals surface area contributed by atoms with Crippen LogP contribution >= 0.6 is 0 Å². The van der Waals surface area contributed by atoms with Crippen molar-refractivity contribution in [3.63, 3.8) is 0 Å². The zero-order valence-electron chi connectivity index (χ0n) is 11.5. The van der Waals surface area contributed by atoms with Gasteiger partial charge in [0.25, 0.3) is 0 Å². The van der Waals surface area contributed by atoms with Crippen LogP contribution in [0.1, 0.15) is 31.9 Å². The lowest BCUT2D eigenvalue weighted by molar-refractivity contribution is -0.122. The van der Waals surface area contributed by atoms with Crippen molar-refractivity contribution in [3.8, 4) is 0 Å². The second kappa shape index (κ2) is 6.73. The van der Waals surface area contributed by atoms with Gasteiger partial charge >= 0.3 is 0 Å². The Kier molecular flexibility index (Phi) is 4.99. The van der Waals surface area contributed by atoms with Gasteiger partial charge in [-0.25, -0.2) is 0 Å². The fourth-order valence-corrected chi connectivity index (χ4v) is 2.19. The van der Waals surface area contributed by atoms with Crippen molar-refractivity contribution in [1.82, 2.24) is 10.2 Å². The molecule has 1 fully saturated rings. The molecule has 0 aliphatic heterocycles. The molecule has 3 N–H and O–H groups in total. The normalized spacial score (nSPS) is 16.6. The van der Waals surface area contributed by atoms with Crippen molar-refractivity contribution in [2.24, 2.45) is 5.73 Å². The maximum absolute atomic E-state index is 11.9. The van der Waals surface area contributed by atoms with Gasteiger partial charge < -0.3 is 15.5 Å². The standard InChI is InChI=1S/C14H23N3O2/c1-2-17(10-13-4-3-7-19-13)12(9-15)8-14(18)16-11-5-6-11/h3-4,7,11-12H,2,5-6,8-10,15H2,1H3,(H,16,18). The predicted molar refractivity (Wildman–Crippen MR) is 73.4 cm³/mol. The van der Waals surface area contributed by atoms with Crippen molar-refractivity contribution in [1.29, 1.82) is 0 Å².